The van der Waals surface area contributed by atoms with Crippen LogP contribution < -0.4 is 9.80 Å². The Morgan fingerprint density at radius 3 is 2.11 bits per heavy atom. The van der Waals surface area contributed by atoms with Gasteiger partial charge in [0.15, 0.2) is 0 Å². The maximum Gasteiger partial charge on any atom is 0.0540 e. The van der Waals surface area contributed by atoms with Gasteiger partial charge in [0.2, 0.25) is 0 Å². The molecular weight excluding hydrogens is 797 g/mol. The summed E-state index contributed by atoms with van der Waals surface area (Å²) in [6.07, 6.45) is 30.3. The maximum absolute atomic E-state index is 4.21. The van der Waals surface area contributed by atoms with Gasteiger partial charge in [-0.2, -0.15) is 0 Å². The second kappa shape index (κ2) is 19.5. The predicted molar refractivity (Wildman–Crippen MR) is 286 cm³/mol. The van der Waals surface area contributed by atoms with E-state index >= 15 is 0 Å². The van der Waals surface area contributed by atoms with Crippen LogP contribution in [-0.4, -0.2) is 13.1 Å². The van der Waals surface area contributed by atoms with E-state index in [1.54, 1.807) is 0 Å². The largest absolute Gasteiger partial charge is 0.368 e. The minimum absolute atomic E-state index is 0.110. The average molecular weight is 853 g/mol. The normalized spacial score (nSPS) is 14.2. The van der Waals surface area contributed by atoms with Gasteiger partial charge in [-0.3, -0.25) is 0 Å². The smallest absolute Gasteiger partial charge is 0.0540 e. The Kier molecular flexibility index (Phi) is 12.8. The predicted octanol–water partition coefficient (Wildman–Crippen LogP) is 16.4. The summed E-state index contributed by atoms with van der Waals surface area (Å²) in [5, 5.41) is 2.39. The molecule has 0 spiro atoms. The maximum atomic E-state index is 4.21. The van der Waals surface area contributed by atoms with Crippen molar-refractivity contribution in [3.8, 4) is 24.0 Å². The molecule has 66 heavy (non-hydrogen) atoms. The molecule has 0 unspecified atom stereocenters. The van der Waals surface area contributed by atoms with Crippen molar-refractivity contribution >= 4 is 51.6 Å². The molecule has 2 aliphatic heterocycles. The fraction of sp³-hybridized carbons (Fsp3) is 0.125. The van der Waals surface area contributed by atoms with E-state index < -0.39 is 0 Å². The van der Waals surface area contributed by atoms with Crippen molar-refractivity contribution in [2.24, 2.45) is 0 Å². The highest BCUT2D eigenvalue weighted by atomic mass is 15.2. The van der Waals surface area contributed by atoms with E-state index in [4.69, 9.17) is 0 Å². The van der Waals surface area contributed by atoms with Crippen LogP contribution in [0.3, 0.4) is 0 Å². The fourth-order valence-electron chi connectivity index (χ4n) is 10.2. The Morgan fingerprint density at radius 2 is 1.35 bits per heavy atom. The van der Waals surface area contributed by atoms with Crippen LogP contribution in [0.4, 0.5) is 17.1 Å². The molecule has 2 nitrogen and oxygen atoms in total. The Bertz CT molecular complexity index is 3130. The van der Waals surface area contributed by atoms with E-state index in [2.05, 4.69) is 250 Å². The van der Waals surface area contributed by atoms with Crippen LogP contribution in [0, 0.1) is 12.8 Å². The monoisotopic (exact) mass is 852 g/mol. The van der Waals surface area contributed by atoms with Crippen molar-refractivity contribution in [1.82, 2.24) is 0 Å². The molecule has 0 radical (unpaired) electrons. The highest BCUT2D eigenvalue weighted by Gasteiger charge is 2.31. The summed E-state index contributed by atoms with van der Waals surface area (Å²) in [4.78, 5) is 4.93. The van der Waals surface area contributed by atoms with Gasteiger partial charge in [0.25, 0.3) is 0 Å². The van der Waals surface area contributed by atoms with Gasteiger partial charge in [0.05, 0.1) is 17.1 Å². The van der Waals surface area contributed by atoms with E-state index in [0.717, 1.165) is 42.2 Å². The van der Waals surface area contributed by atoms with Gasteiger partial charge in [-0.25, -0.2) is 0 Å². The van der Waals surface area contributed by atoms with Gasteiger partial charge >= 0.3 is 0 Å². The van der Waals surface area contributed by atoms with E-state index in [-0.39, 0.29) is 5.92 Å². The molecule has 1 aliphatic carbocycles. The number of allylic oxidation sites excluding steroid dienone is 8. The minimum atomic E-state index is 0.110. The van der Waals surface area contributed by atoms with E-state index in [1.165, 1.54) is 89.7 Å². The number of benzene rings is 7. The Balaban J connectivity index is 0.00000270. The summed E-state index contributed by atoms with van der Waals surface area (Å²) >= 11 is 0. The number of fused-ring (bicyclic) bond motifs is 6. The van der Waals surface area contributed by atoms with Crippen molar-refractivity contribution in [2.75, 3.05) is 22.9 Å². The third-order valence-electron chi connectivity index (χ3n) is 13.2. The van der Waals surface area contributed by atoms with Crippen molar-refractivity contribution in [3.63, 3.8) is 0 Å². The Hall–Kier alpha value is -7.86. The van der Waals surface area contributed by atoms with Gasteiger partial charge in [-0.1, -0.05) is 194 Å². The average Bonchev–Trinajstić information content (AvgIpc) is 3.61. The van der Waals surface area contributed by atoms with Crippen LogP contribution in [0.2, 0.25) is 0 Å². The minimum Gasteiger partial charge on any atom is -0.368 e. The van der Waals surface area contributed by atoms with Crippen LogP contribution in [0.25, 0.3) is 45.7 Å². The molecule has 322 valence electrons. The first kappa shape index (κ1) is 43.4. The molecular formula is C64H56N2. The number of hydrogen-bond donors (Lipinski definition) is 0. The first-order valence-electron chi connectivity index (χ1n) is 23.1. The van der Waals surface area contributed by atoms with Gasteiger partial charge in [0.1, 0.15) is 0 Å². The number of hydrogen-bond acceptors (Lipinski definition) is 2. The molecule has 10 rings (SSSR count). The number of anilines is 3. The first-order valence-corrected chi connectivity index (χ1v) is 23.1. The van der Waals surface area contributed by atoms with E-state index in [9.17, 15) is 0 Å². The van der Waals surface area contributed by atoms with Crippen LogP contribution in [0.1, 0.15) is 77.6 Å². The zero-order chi connectivity index (χ0) is 45.6. The van der Waals surface area contributed by atoms with Crippen molar-refractivity contribution in [2.45, 2.75) is 39.5 Å². The van der Waals surface area contributed by atoms with E-state index in [0.29, 0.717) is 0 Å². The van der Waals surface area contributed by atoms with Crippen LogP contribution >= 0.6 is 0 Å². The lowest BCUT2D eigenvalue weighted by atomic mass is 9.82. The number of aryl methyl sites for hydroxylation is 1. The quantitative estimate of drug-likeness (QED) is 0.0768. The third kappa shape index (κ3) is 8.22. The molecule has 7 aromatic rings. The number of rotatable bonds is 10. The van der Waals surface area contributed by atoms with Crippen LogP contribution in [0.5, 0.6) is 0 Å². The van der Waals surface area contributed by atoms with Gasteiger partial charge in [-0.15, -0.1) is 12.8 Å². The number of terminal acetylenes is 1. The first-order chi connectivity index (χ1) is 32.5. The molecule has 0 atom stereocenters. The molecule has 2 heteroatoms. The topological polar surface area (TPSA) is 6.48 Å². The second-order valence-electron chi connectivity index (χ2n) is 17.3. The summed E-state index contributed by atoms with van der Waals surface area (Å²) in [5.74, 6) is 0.110. The highest BCUT2D eigenvalue weighted by Crippen LogP contribution is 2.50. The molecule has 0 saturated carbocycles. The standard InChI is InChI=1S/C62H54N2.C2H2/c1-5-19-59-45(6-2)37-38-48-21-8-14-32-60(48)64(59)61-33-16-28-50-46(22-15-29-54(50)61)36-34-44-35-39-53(49(43(3)4)30-18-41-63-40-17-23-47-20-7-13-31-58(47)63)57(42-44)62-55-26-11-9-24-51(55)52-25-10-12-27-56(52)62;1-2/h5-16,18-22,24-39,42,62H,2,17,23,40-41H2,1,3-4H3;1-2H/b19-5-,30-18-,36-34+;. The molecule has 0 amide bonds. The van der Waals surface area contributed by atoms with Crippen molar-refractivity contribution < 1.29 is 0 Å². The lowest BCUT2D eigenvalue weighted by Crippen LogP contribution is -2.29. The van der Waals surface area contributed by atoms with Crippen LogP contribution in [0.15, 0.2) is 212 Å². The molecule has 0 saturated heterocycles. The lowest BCUT2D eigenvalue weighted by Gasteiger charge is -2.30. The lowest BCUT2D eigenvalue weighted by molar-refractivity contribution is 0.722. The molecule has 0 fully saturated rings. The van der Waals surface area contributed by atoms with E-state index in [1.807, 2.05) is 6.08 Å². The highest BCUT2D eigenvalue weighted by molar-refractivity contribution is 6.03. The fourth-order valence-corrected chi connectivity index (χ4v) is 10.2. The SMILES string of the molecule is C#C.C=CC1=C(/C=C\C)N(c2cccc3c(/C=C/c4ccc(C(/C=C\CN5CCCc6ccccc65)=C(C)C)c(C5c6ccccc6-c6ccccc65)c4)cccc23)c2ccccc2C=C1. The molecule has 0 bridgehead atoms. The zero-order valence-electron chi connectivity index (χ0n) is 38.3. The van der Waals surface area contributed by atoms with Gasteiger partial charge in [-0.05, 0) is 130 Å². The zero-order valence-corrected chi connectivity index (χ0v) is 38.3. The summed E-state index contributed by atoms with van der Waals surface area (Å²) < 4.78 is 0. The molecule has 0 aromatic heterocycles. The molecule has 0 N–H and O–H groups in total. The molecule has 2 heterocycles. The molecule has 7 aromatic carbocycles. The summed E-state index contributed by atoms with van der Waals surface area (Å²) in [6.45, 7) is 12.8. The number of para-hydroxylation sites is 2. The third-order valence-corrected chi connectivity index (χ3v) is 13.2. The Labute approximate surface area is 392 Å². The summed E-state index contributed by atoms with van der Waals surface area (Å²) in [7, 11) is 0. The number of nitrogens with zero attached hydrogens (tertiary/aromatic N) is 2. The van der Waals surface area contributed by atoms with Crippen LogP contribution in [-0.2, 0) is 6.42 Å². The molecule has 3 aliphatic rings. The van der Waals surface area contributed by atoms with Crippen molar-refractivity contribution in [3.05, 3.63) is 256 Å². The van der Waals surface area contributed by atoms with Crippen molar-refractivity contribution in [1.29, 1.82) is 0 Å². The van der Waals surface area contributed by atoms with Gasteiger partial charge < -0.3 is 9.80 Å². The summed E-state index contributed by atoms with van der Waals surface area (Å²) in [5.41, 5.74) is 21.4. The Morgan fingerprint density at radius 1 is 0.667 bits per heavy atom. The van der Waals surface area contributed by atoms with Gasteiger partial charge in [0, 0.05) is 30.1 Å². The second-order valence-corrected chi connectivity index (χ2v) is 17.3. The summed E-state index contributed by atoms with van der Waals surface area (Å²) in [6, 6.07) is 56.1.